The maximum absolute atomic E-state index is 13.5. The lowest BCUT2D eigenvalue weighted by atomic mass is 9.97. The Balaban J connectivity index is 1.91. The Kier molecular flexibility index (Phi) is 5.82. The van der Waals surface area contributed by atoms with Crippen LogP contribution in [-0.4, -0.2) is 34.9 Å². The summed E-state index contributed by atoms with van der Waals surface area (Å²) < 4.78 is 8.64. The largest absolute Gasteiger partial charge is 0.376 e. The fourth-order valence-electron chi connectivity index (χ4n) is 3.71. The Hall–Kier alpha value is -1.66. The summed E-state index contributed by atoms with van der Waals surface area (Å²) >= 11 is 3.47. The number of carbonyl (C=O) groups is 1. The first kappa shape index (κ1) is 19.1. The maximum Gasteiger partial charge on any atom is 0.234 e. The van der Waals surface area contributed by atoms with Crippen molar-refractivity contribution >= 4 is 27.5 Å². The molecule has 140 valence electrons. The average molecular weight is 420 g/mol. The van der Waals surface area contributed by atoms with E-state index in [1.54, 1.807) is 0 Å². The predicted octanol–water partition coefficient (Wildman–Crippen LogP) is 4.12. The van der Waals surface area contributed by atoms with E-state index in [-0.39, 0.29) is 17.9 Å². The van der Waals surface area contributed by atoms with Crippen LogP contribution in [-0.2, 0) is 16.6 Å². The van der Waals surface area contributed by atoms with Gasteiger partial charge in [0.15, 0.2) is 0 Å². The van der Waals surface area contributed by atoms with Crippen LogP contribution >= 0.6 is 15.9 Å². The van der Waals surface area contributed by atoms with E-state index >= 15 is 0 Å². The third kappa shape index (κ3) is 3.86. The molecular weight excluding hydrogens is 394 g/mol. The first-order valence-corrected chi connectivity index (χ1v) is 9.86. The van der Waals surface area contributed by atoms with Gasteiger partial charge in [0, 0.05) is 35.1 Å². The molecule has 0 radical (unpaired) electrons. The van der Waals surface area contributed by atoms with E-state index in [4.69, 9.17) is 4.74 Å². The second kappa shape index (κ2) is 7.92. The number of halogens is 1. The predicted molar refractivity (Wildman–Crippen MR) is 107 cm³/mol. The van der Waals surface area contributed by atoms with Gasteiger partial charge in [0.25, 0.3) is 0 Å². The van der Waals surface area contributed by atoms with Gasteiger partial charge >= 0.3 is 0 Å². The number of aryl methyl sites for hydroxylation is 2. The highest BCUT2D eigenvalue weighted by Gasteiger charge is 2.30. The van der Waals surface area contributed by atoms with Gasteiger partial charge in [-0.2, -0.15) is 5.10 Å². The van der Waals surface area contributed by atoms with E-state index in [2.05, 4.69) is 21.0 Å². The molecule has 2 aromatic rings. The van der Waals surface area contributed by atoms with Gasteiger partial charge in [-0.05, 0) is 57.9 Å². The first-order chi connectivity index (χ1) is 12.4. The highest BCUT2D eigenvalue weighted by atomic mass is 79.9. The fourth-order valence-corrected chi connectivity index (χ4v) is 3.97. The van der Waals surface area contributed by atoms with Crippen LogP contribution in [0.5, 0.6) is 0 Å². The summed E-state index contributed by atoms with van der Waals surface area (Å²) in [6.07, 6.45) is 2.16. The molecule has 1 amide bonds. The number of carbonyl (C=O) groups excluding carboxylic acids is 1. The molecule has 3 rings (SSSR count). The van der Waals surface area contributed by atoms with Gasteiger partial charge in [-0.1, -0.05) is 15.9 Å². The zero-order valence-corrected chi connectivity index (χ0v) is 17.4. The Morgan fingerprint density at radius 2 is 2.08 bits per heavy atom. The Morgan fingerprint density at radius 1 is 1.38 bits per heavy atom. The molecule has 0 spiro atoms. The van der Waals surface area contributed by atoms with Crippen LogP contribution in [0.1, 0.15) is 42.6 Å². The number of anilines is 1. The number of hydrogen-bond donors (Lipinski definition) is 0. The monoisotopic (exact) mass is 419 g/mol. The summed E-state index contributed by atoms with van der Waals surface area (Å²) in [6.45, 7) is 7.33. The lowest BCUT2D eigenvalue weighted by Crippen LogP contribution is -2.40. The Bertz CT molecular complexity index is 779. The number of benzene rings is 1. The maximum atomic E-state index is 13.5. The van der Waals surface area contributed by atoms with E-state index in [0.717, 1.165) is 46.6 Å². The number of hydrogen-bond acceptors (Lipinski definition) is 3. The number of nitrogens with zero attached hydrogens (tertiary/aromatic N) is 3. The van der Waals surface area contributed by atoms with Crippen LogP contribution < -0.4 is 4.90 Å². The minimum Gasteiger partial charge on any atom is -0.376 e. The van der Waals surface area contributed by atoms with Crippen molar-refractivity contribution in [3.63, 3.8) is 0 Å². The van der Waals surface area contributed by atoms with E-state index in [9.17, 15) is 4.79 Å². The summed E-state index contributed by atoms with van der Waals surface area (Å²) in [4.78, 5) is 15.3. The zero-order valence-electron chi connectivity index (χ0n) is 15.8. The molecule has 0 N–H and O–H groups in total. The highest BCUT2D eigenvalue weighted by Crippen LogP contribution is 2.29. The quantitative estimate of drug-likeness (QED) is 0.732. The molecule has 0 saturated carbocycles. The molecule has 1 fully saturated rings. The van der Waals surface area contributed by atoms with Crippen molar-refractivity contribution in [2.45, 2.75) is 45.6 Å². The van der Waals surface area contributed by atoms with Crippen LogP contribution in [0.15, 0.2) is 28.7 Å². The van der Waals surface area contributed by atoms with Gasteiger partial charge in [-0.15, -0.1) is 0 Å². The SMILES string of the molecule is Cc1nn(C)c(C)c1[C@@H](C)C(=O)N(C[C@@H]1CCCO1)c1ccc(Br)cc1. The van der Waals surface area contributed by atoms with Gasteiger partial charge in [-0.25, -0.2) is 0 Å². The van der Waals surface area contributed by atoms with Crippen molar-refractivity contribution in [3.05, 3.63) is 45.7 Å². The van der Waals surface area contributed by atoms with Crippen LogP contribution in [0.2, 0.25) is 0 Å². The molecule has 1 aromatic carbocycles. The second-order valence-corrected chi connectivity index (χ2v) is 7.91. The van der Waals surface area contributed by atoms with Crippen LogP contribution in [0.25, 0.3) is 0 Å². The molecule has 1 aromatic heterocycles. The molecule has 1 aliphatic rings. The van der Waals surface area contributed by atoms with Crippen molar-refractivity contribution < 1.29 is 9.53 Å². The van der Waals surface area contributed by atoms with Crippen molar-refractivity contribution in [1.29, 1.82) is 0 Å². The van der Waals surface area contributed by atoms with Gasteiger partial charge in [0.2, 0.25) is 5.91 Å². The number of aromatic nitrogens is 2. The minimum atomic E-state index is -0.256. The zero-order chi connectivity index (χ0) is 18.8. The number of ether oxygens (including phenoxy) is 1. The van der Waals surface area contributed by atoms with Crippen molar-refractivity contribution in [2.75, 3.05) is 18.1 Å². The molecular formula is C20H26BrN3O2. The smallest absolute Gasteiger partial charge is 0.234 e. The second-order valence-electron chi connectivity index (χ2n) is 6.99. The molecule has 1 aliphatic heterocycles. The minimum absolute atomic E-state index is 0.0852. The normalized spacial score (nSPS) is 18.1. The first-order valence-electron chi connectivity index (χ1n) is 9.07. The molecule has 1 saturated heterocycles. The van der Waals surface area contributed by atoms with Crippen molar-refractivity contribution in [2.24, 2.45) is 7.05 Å². The van der Waals surface area contributed by atoms with Gasteiger partial charge < -0.3 is 9.64 Å². The molecule has 0 aliphatic carbocycles. The van der Waals surface area contributed by atoms with Crippen LogP contribution in [0.4, 0.5) is 5.69 Å². The Morgan fingerprint density at radius 3 is 2.62 bits per heavy atom. The van der Waals surface area contributed by atoms with Gasteiger partial charge in [-0.3, -0.25) is 9.48 Å². The molecule has 2 heterocycles. The fraction of sp³-hybridized carbons (Fsp3) is 0.500. The summed E-state index contributed by atoms with van der Waals surface area (Å²) in [5.41, 5.74) is 3.88. The Labute approximate surface area is 163 Å². The molecule has 26 heavy (non-hydrogen) atoms. The third-order valence-corrected chi connectivity index (χ3v) is 5.71. The standard InChI is InChI=1S/C20H26BrN3O2/c1-13(19-14(2)22-23(4)15(19)3)20(25)24(12-18-6-5-11-26-18)17-9-7-16(21)8-10-17/h7-10,13,18H,5-6,11-12H2,1-4H3/t13-,18+/m1/s1. The number of rotatable bonds is 5. The molecule has 0 bridgehead atoms. The van der Waals surface area contributed by atoms with E-state index < -0.39 is 0 Å². The van der Waals surface area contributed by atoms with E-state index in [1.807, 2.05) is 61.7 Å². The lowest BCUT2D eigenvalue weighted by Gasteiger charge is -2.28. The lowest BCUT2D eigenvalue weighted by molar-refractivity contribution is -0.120. The van der Waals surface area contributed by atoms with E-state index in [1.165, 1.54) is 0 Å². The molecule has 2 atom stereocenters. The number of amides is 1. The third-order valence-electron chi connectivity index (χ3n) is 5.18. The summed E-state index contributed by atoms with van der Waals surface area (Å²) in [6, 6.07) is 7.89. The topological polar surface area (TPSA) is 47.4 Å². The van der Waals surface area contributed by atoms with Crippen LogP contribution in [0, 0.1) is 13.8 Å². The van der Waals surface area contributed by atoms with Crippen molar-refractivity contribution in [1.82, 2.24) is 9.78 Å². The average Bonchev–Trinajstić information content (AvgIpc) is 3.21. The molecule has 6 heteroatoms. The van der Waals surface area contributed by atoms with E-state index in [0.29, 0.717) is 6.54 Å². The molecule has 0 unspecified atom stereocenters. The van der Waals surface area contributed by atoms with Gasteiger partial charge in [0.05, 0.1) is 24.3 Å². The summed E-state index contributed by atoms with van der Waals surface area (Å²) in [7, 11) is 1.92. The van der Waals surface area contributed by atoms with Crippen LogP contribution in [0.3, 0.4) is 0 Å². The van der Waals surface area contributed by atoms with Gasteiger partial charge in [0.1, 0.15) is 0 Å². The van der Waals surface area contributed by atoms with Crippen molar-refractivity contribution in [3.8, 4) is 0 Å². The highest BCUT2D eigenvalue weighted by molar-refractivity contribution is 9.10. The summed E-state index contributed by atoms with van der Waals surface area (Å²) in [5.74, 6) is -0.171. The molecule has 5 nitrogen and oxygen atoms in total. The summed E-state index contributed by atoms with van der Waals surface area (Å²) in [5, 5.41) is 4.48.